The lowest BCUT2D eigenvalue weighted by molar-refractivity contribution is 0.0662. The van der Waals surface area contributed by atoms with E-state index in [2.05, 4.69) is 15.3 Å². The molecule has 0 bridgehead atoms. The smallest absolute Gasteiger partial charge is 0.258 e. The standard InChI is InChI=1S/C15H18ClN3O2/c16-11-1-2-12-13(7-11)18-14(19-15(12)20)9-17-8-10-3-5-21-6-4-10/h1-2,7,10,17H,3-6,8-9H2,(H,18,19,20). The lowest BCUT2D eigenvalue weighted by atomic mass is 10.0. The maximum absolute atomic E-state index is 12.0. The van der Waals surface area contributed by atoms with Crippen molar-refractivity contribution in [3.63, 3.8) is 0 Å². The Morgan fingerprint density at radius 2 is 2.19 bits per heavy atom. The maximum atomic E-state index is 12.0. The normalized spacial score (nSPS) is 16.4. The van der Waals surface area contributed by atoms with Gasteiger partial charge in [0.25, 0.3) is 5.56 Å². The lowest BCUT2D eigenvalue weighted by Crippen LogP contribution is -2.28. The monoisotopic (exact) mass is 307 g/mol. The van der Waals surface area contributed by atoms with Crippen LogP contribution < -0.4 is 10.9 Å². The molecule has 1 aromatic carbocycles. The summed E-state index contributed by atoms with van der Waals surface area (Å²) in [6.45, 7) is 3.15. The molecule has 6 heteroatoms. The van der Waals surface area contributed by atoms with Crippen LogP contribution in [0.25, 0.3) is 10.9 Å². The van der Waals surface area contributed by atoms with Crippen molar-refractivity contribution in [2.75, 3.05) is 19.8 Å². The van der Waals surface area contributed by atoms with E-state index in [1.54, 1.807) is 18.2 Å². The van der Waals surface area contributed by atoms with Crippen LogP contribution in [0.15, 0.2) is 23.0 Å². The first kappa shape index (κ1) is 14.5. The fourth-order valence-corrected chi connectivity index (χ4v) is 2.76. The van der Waals surface area contributed by atoms with Crippen molar-refractivity contribution in [2.24, 2.45) is 5.92 Å². The number of hydrogen-bond donors (Lipinski definition) is 2. The molecule has 0 spiro atoms. The summed E-state index contributed by atoms with van der Waals surface area (Å²) >= 11 is 5.95. The van der Waals surface area contributed by atoms with Crippen molar-refractivity contribution in [1.29, 1.82) is 0 Å². The van der Waals surface area contributed by atoms with E-state index in [9.17, 15) is 4.79 Å². The van der Waals surface area contributed by atoms with Gasteiger partial charge in [0.15, 0.2) is 0 Å². The van der Waals surface area contributed by atoms with E-state index in [0.29, 0.717) is 34.2 Å². The largest absolute Gasteiger partial charge is 0.381 e. The predicted molar refractivity (Wildman–Crippen MR) is 82.6 cm³/mol. The van der Waals surface area contributed by atoms with Gasteiger partial charge in [-0.1, -0.05) is 11.6 Å². The number of halogens is 1. The van der Waals surface area contributed by atoms with E-state index >= 15 is 0 Å². The van der Waals surface area contributed by atoms with Gasteiger partial charge in [0.05, 0.1) is 17.4 Å². The number of nitrogens with zero attached hydrogens (tertiary/aromatic N) is 1. The molecule has 2 aromatic rings. The highest BCUT2D eigenvalue weighted by Crippen LogP contribution is 2.15. The van der Waals surface area contributed by atoms with Gasteiger partial charge in [0.1, 0.15) is 5.82 Å². The molecule has 0 radical (unpaired) electrons. The molecule has 2 N–H and O–H groups in total. The van der Waals surface area contributed by atoms with Gasteiger partial charge in [-0.25, -0.2) is 4.98 Å². The van der Waals surface area contributed by atoms with Gasteiger partial charge >= 0.3 is 0 Å². The Morgan fingerprint density at radius 1 is 1.38 bits per heavy atom. The van der Waals surface area contributed by atoms with Crippen LogP contribution in [0, 0.1) is 5.92 Å². The molecular weight excluding hydrogens is 290 g/mol. The minimum Gasteiger partial charge on any atom is -0.381 e. The van der Waals surface area contributed by atoms with Crippen molar-refractivity contribution in [1.82, 2.24) is 15.3 Å². The summed E-state index contributed by atoms with van der Waals surface area (Å²) < 4.78 is 5.34. The van der Waals surface area contributed by atoms with Gasteiger partial charge in [0, 0.05) is 18.2 Å². The minimum absolute atomic E-state index is 0.125. The van der Waals surface area contributed by atoms with Gasteiger partial charge in [-0.3, -0.25) is 4.79 Å². The Hall–Kier alpha value is -1.43. The van der Waals surface area contributed by atoms with Crippen LogP contribution in [0.3, 0.4) is 0 Å². The summed E-state index contributed by atoms with van der Waals surface area (Å²) in [5.74, 6) is 1.28. The first-order valence-electron chi connectivity index (χ1n) is 7.19. The molecule has 1 aliphatic rings. The van der Waals surface area contributed by atoms with E-state index in [1.807, 2.05) is 0 Å². The highest BCUT2D eigenvalue weighted by atomic mass is 35.5. The van der Waals surface area contributed by atoms with Crippen LogP contribution in [0.5, 0.6) is 0 Å². The molecule has 3 rings (SSSR count). The van der Waals surface area contributed by atoms with Gasteiger partial charge < -0.3 is 15.0 Å². The van der Waals surface area contributed by atoms with Crippen LogP contribution in [0.4, 0.5) is 0 Å². The van der Waals surface area contributed by atoms with Gasteiger partial charge in [-0.15, -0.1) is 0 Å². The van der Waals surface area contributed by atoms with Crippen LogP contribution in [-0.4, -0.2) is 29.7 Å². The number of rotatable bonds is 4. The van der Waals surface area contributed by atoms with E-state index in [1.165, 1.54) is 0 Å². The molecule has 21 heavy (non-hydrogen) atoms. The molecule has 1 fully saturated rings. The Bertz CT molecular complexity index is 680. The average Bonchev–Trinajstić information content (AvgIpc) is 2.48. The number of aromatic nitrogens is 2. The molecule has 0 aliphatic carbocycles. The second-order valence-corrected chi connectivity index (χ2v) is 5.80. The highest BCUT2D eigenvalue weighted by molar-refractivity contribution is 6.31. The van der Waals surface area contributed by atoms with Crippen molar-refractivity contribution >= 4 is 22.5 Å². The summed E-state index contributed by atoms with van der Waals surface area (Å²) in [5, 5.41) is 4.50. The van der Waals surface area contributed by atoms with Gasteiger partial charge in [-0.2, -0.15) is 0 Å². The molecule has 1 aromatic heterocycles. The zero-order valence-electron chi connectivity index (χ0n) is 11.7. The number of fused-ring (bicyclic) bond motifs is 1. The van der Waals surface area contributed by atoms with Crippen molar-refractivity contribution < 1.29 is 4.74 Å². The first-order valence-corrected chi connectivity index (χ1v) is 7.57. The Labute approximate surface area is 127 Å². The van der Waals surface area contributed by atoms with Crippen molar-refractivity contribution in [3.8, 4) is 0 Å². The zero-order valence-corrected chi connectivity index (χ0v) is 12.4. The molecule has 0 saturated carbocycles. The summed E-state index contributed by atoms with van der Waals surface area (Å²) in [5.41, 5.74) is 0.508. The summed E-state index contributed by atoms with van der Waals surface area (Å²) in [6.07, 6.45) is 2.18. The molecule has 0 atom stereocenters. The molecular formula is C15H18ClN3O2. The van der Waals surface area contributed by atoms with E-state index in [4.69, 9.17) is 16.3 Å². The highest BCUT2D eigenvalue weighted by Gasteiger charge is 2.13. The third-order valence-corrected chi connectivity index (χ3v) is 4.02. The number of benzene rings is 1. The zero-order chi connectivity index (χ0) is 14.7. The number of nitrogens with one attached hydrogen (secondary N) is 2. The van der Waals surface area contributed by atoms with Gasteiger partial charge in [0.2, 0.25) is 0 Å². The van der Waals surface area contributed by atoms with E-state index in [0.717, 1.165) is 32.6 Å². The summed E-state index contributed by atoms with van der Waals surface area (Å²) in [4.78, 5) is 19.3. The Morgan fingerprint density at radius 3 is 3.00 bits per heavy atom. The second kappa shape index (κ2) is 6.56. The predicted octanol–water partition coefficient (Wildman–Crippen LogP) is 2.09. The van der Waals surface area contributed by atoms with Crippen molar-refractivity contribution in [3.05, 3.63) is 39.4 Å². The average molecular weight is 308 g/mol. The molecule has 1 aliphatic heterocycles. The third-order valence-electron chi connectivity index (χ3n) is 3.78. The van der Waals surface area contributed by atoms with Crippen molar-refractivity contribution in [2.45, 2.75) is 19.4 Å². The Balaban J connectivity index is 1.67. The van der Waals surface area contributed by atoms with Crippen LogP contribution in [0.1, 0.15) is 18.7 Å². The number of ether oxygens (including phenoxy) is 1. The SMILES string of the molecule is O=c1[nH]c(CNCC2CCOCC2)nc2cc(Cl)ccc12. The molecule has 5 nitrogen and oxygen atoms in total. The maximum Gasteiger partial charge on any atom is 0.258 e. The number of H-pyrrole nitrogens is 1. The van der Waals surface area contributed by atoms with E-state index < -0.39 is 0 Å². The van der Waals surface area contributed by atoms with E-state index in [-0.39, 0.29) is 5.56 Å². The number of aromatic amines is 1. The van der Waals surface area contributed by atoms with Gasteiger partial charge in [-0.05, 0) is 43.5 Å². The van der Waals surface area contributed by atoms with Crippen LogP contribution >= 0.6 is 11.6 Å². The second-order valence-electron chi connectivity index (χ2n) is 5.36. The molecule has 1 saturated heterocycles. The van der Waals surface area contributed by atoms with Crippen LogP contribution in [-0.2, 0) is 11.3 Å². The fourth-order valence-electron chi connectivity index (χ4n) is 2.59. The molecule has 112 valence electrons. The third kappa shape index (κ3) is 3.61. The molecule has 0 amide bonds. The van der Waals surface area contributed by atoms with Crippen LogP contribution in [0.2, 0.25) is 5.02 Å². The summed E-state index contributed by atoms with van der Waals surface area (Å²) in [7, 11) is 0. The Kier molecular flexibility index (Phi) is 4.53. The first-order chi connectivity index (χ1) is 10.2. The topological polar surface area (TPSA) is 67.0 Å². The quantitative estimate of drug-likeness (QED) is 0.907. The molecule has 0 unspecified atom stereocenters. The minimum atomic E-state index is -0.125. The molecule has 2 heterocycles. The summed E-state index contributed by atoms with van der Waals surface area (Å²) in [6, 6.07) is 5.11. The number of hydrogen-bond acceptors (Lipinski definition) is 4. The fraction of sp³-hybridized carbons (Fsp3) is 0.467. The lowest BCUT2D eigenvalue weighted by Gasteiger charge is -2.22.